The molecule has 11 rings (SSSR count). The number of thiophene rings is 1. The SMILES string of the molecule is c1ccc(-c2cc(-c3ccc(-n4c5ccccc5c5c6sc7ccccc7c6ccc54)cc3)cc(-c3cccc4c3oc3ccccc34)n2)cc1. The molecule has 0 N–H and O–H groups in total. The molecule has 0 saturated heterocycles. The molecule has 0 radical (unpaired) electrons. The van der Waals surface area contributed by atoms with Gasteiger partial charge < -0.3 is 8.98 Å². The number of rotatable bonds is 4. The summed E-state index contributed by atoms with van der Waals surface area (Å²) in [4.78, 5) is 5.22. The van der Waals surface area contributed by atoms with Crippen molar-refractivity contribution in [2.24, 2.45) is 0 Å². The van der Waals surface area contributed by atoms with Gasteiger partial charge in [-0.15, -0.1) is 11.3 Å². The molecular weight excluding hydrogens is 641 g/mol. The van der Waals surface area contributed by atoms with Crippen molar-refractivity contribution in [1.29, 1.82) is 0 Å². The van der Waals surface area contributed by atoms with E-state index < -0.39 is 0 Å². The van der Waals surface area contributed by atoms with Gasteiger partial charge in [-0.3, -0.25) is 0 Å². The van der Waals surface area contributed by atoms with Gasteiger partial charge in [0, 0.05) is 58.5 Å². The lowest BCUT2D eigenvalue weighted by Crippen LogP contribution is -1.94. The third-order valence-electron chi connectivity index (χ3n) is 10.2. The Hall–Kier alpha value is -6.49. The Morgan fingerprint density at radius 2 is 1.20 bits per heavy atom. The molecule has 0 atom stereocenters. The van der Waals surface area contributed by atoms with Crippen LogP contribution in [-0.2, 0) is 0 Å². The quantitative estimate of drug-likeness (QED) is 0.187. The lowest BCUT2D eigenvalue weighted by Gasteiger charge is -2.12. The van der Waals surface area contributed by atoms with Crippen molar-refractivity contribution < 1.29 is 4.42 Å². The van der Waals surface area contributed by atoms with E-state index >= 15 is 0 Å². The summed E-state index contributed by atoms with van der Waals surface area (Å²) < 4.78 is 11.5. The first-order valence-corrected chi connectivity index (χ1v) is 18.0. The first-order valence-electron chi connectivity index (χ1n) is 17.2. The van der Waals surface area contributed by atoms with Gasteiger partial charge >= 0.3 is 0 Å². The van der Waals surface area contributed by atoms with Crippen LogP contribution in [0.15, 0.2) is 174 Å². The number of fused-ring (bicyclic) bond motifs is 10. The van der Waals surface area contributed by atoms with Crippen molar-refractivity contribution in [3.8, 4) is 39.3 Å². The van der Waals surface area contributed by atoms with E-state index in [1.54, 1.807) is 0 Å². The van der Waals surface area contributed by atoms with Crippen LogP contribution in [0, 0.1) is 0 Å². The second-order valence-electron chi connectivity index (χ2n) is 13.1. The Kier molecular flexibility index (Phi) is 6.12. The van der Waals surface area contributed by atoms with E-state index in [1.807, 2.05) is 29.5 Å². The molecule has 0 fully saturated rings. The van der Waals surface area contributed by atoms with Crippen LogP contribution in [0.5, 0.6) is 0 Å². The first-order chi connectivity index (χ1) is 25.3. The largest absolute Gasteiger partial charge is 0.455 e. The van der Waals surface area contributed by atoms with E-state index in [1.165, 1.54) is 42.0 Å². The molecule has 0 aliphatic carbocycles. The average Bonchev–Trinajstić information content (AvgIpc) is 3.88. The fourth-order valence-corrected chi connectivity index (χ4v) is 9.12. The Morgan fingerprint density at radius 1 is 0.471 bits per heavy atom. The van der Waals surface area contributed by atoms with Gasteiger partial charge in [0.2, 0.25) is 0 Å². The van der Waals surface area contributed by atoms with Gasteiger partial charge in [-0.05, 0) is 65.7 Å². The predicted molar refractivity (Wildman–Crippen MR) is 215 cm³/mol. The van der Waals surface area contributed by atoms with Crippen LogP contribution in [0.2, 0.25) is 0 Å². The van der Waals surface area contributed by atoms with Crippen LogP contribution in [0.3, 0.4) is 0 Å². The molecule has 4 aromatic heterocycles. The van der Waals surface area contributed by atoms with E-state index in [0.29, 0.717) is 0 Å². The highest BCUT2D eigenvalue weighted by Crippen LogP contribution is 2.44. The van der Waals surface area contributed by atoms with E-state index in [4.69, 9.17) is 9.40 Å². The lowest BCUT2D eigenvalue weighted by atomic mass is 9.99. The highest BCUT2D eigenvalue weighted by molar-refractivity contribution is 7.26. The Labute approximate surface area is 297 Å². The Morgan fingerprint density at radius 3 is 2.08 bits per heavy atom. The van der Waals surface area contributed by atoms with Crippen molar-refractivity contribution in [1.82, 2.24) is 9.55 Å². The maximum atomic E-state index is 6.46. The maximum Gasteiger partial charge on any atom is 0.144 e. The number of para-hydroxylation sites is 3. The van der Waals surface area contributed by atoms with Crippen LogP contribution in [0.25, 0.3) is 103 Å². The van der Waals surface area contributed by atoms with Crippen molar-refractivity contribution in [2.75, 3.05) is 0 Å². The number of nitrogens with zero attached hydrogens (tertiary/aromatic N) is 2. The molecule has 4 heterocycles. The zero-order valence-electron chi connectivity index (χ0n) is 27.4. The smallest absolute Gasteiger partial charge is 0.144 e. The normalized spacial score (nSPS) is 11.9. The summed E-state index contributed by atoms with van der Waals surface area (Å²) in [6, 6.07) is 60.5. The number of pyridine rings is 1. The minimum atomic E-state index is 0.858. The highest BCUT2D eigenvalue weighted by Gasteiger charge is 2.19. The molecule has 3 nitrogen and oxygen atoms in total. The van der Waals surface area contributed by atoms with Crippen molar-refractivity contribution in [3.63, 3.8) is 0 Å². The van der Waals surface area contributed by atoms with E-state index in [-0.39, 0.29) is 0 Å². The summed E-state index contributed by atoms with van der Waals surface area (Å²) >= 11 is 1.89. The van der Waals surface area contributed by atoms with Gasteiger partial charge in [0.15, 0.2) is 0 Å². The number of benzene rings is 7. The van der Waals surface area contributed by atoms with Crippen molar-refractivity contribution in [3.05, 3.63) is 170 Å². The molecule has 0 spiro atoms. The van der Waals surface area contributed by atoms with E-state index in [9.17, 15) is 0 Å². The maximum absolute atomic E-state index is 6.46. The third kappa shape index (κ3) is 4.33. The molecule has 4 heteroatoms. The van der Waals surface area contributed by atoms with Crippen LogP contribution in [-0.4, -0.2) is 9.55 Å². The summed E-state index contributed by atoms with van der Waals surface area (Å²) in [5.41, 5.74) is 11.4. The summed E-state index contributed by atoms with van der Waals surface area (Å²) in [5, 5.41) is 7.45. The molecule has 51 heavy (non-hydrogen) atoms. The zero-order chi connectivity index (χ0) is 33.5. The summed E-state index contributed by atoms with van der Waals surface area (Å²) in [7, 11) is 0. The Balaban J connectivity index is 1.08. The van der Waals surface area contributed by atoms with Gasteiger partial charge in [0.1, 0.15) is 11.2 Å². The lowest BCUT2D eigenvalue weighted by molar-refractivity contribution is 0.670. The molecular formula is C47H28N2OS. The molecule has 0 bridgehead atoms. The van der Waals surface area contributed by atoms with Gasteiger partial charge in [-0.2, -0.15) is 0 Å². The average molecular weight is 669 g/mol. The third-order valence-corrected chi connectivity index (χ3v) is 11.4. The topological polar surface area (TPSA) is 31.0 Å². The van der Waals surface area contributed by atoms with Crippen molar-refractivity contribution >= 4 is 75.3 Å². The molecule has 7 aromatic carbocycles. The summed E-state index contributed by atoms with van der Waals surface area (Å²) in [6.07, 6.45) is 0. The van der Waals surface area contributed by atoms with E-state index in [2.05, 4.69) is 156 Å². The van der Waals surface area contributed by atoms with Crippen LogP contribution < -0.4 is 0 Å². The van der Waals surface area contributed by atoms with Gasteiger partial charge in [-0.1, -0.05) is 115 Å². The molecule has 0 unspecified atom stereocenters. The minimum Gasteiger partial charge on any atom is -0.455 e. The summed E-state index contributed by atoms with van der Waals surface area (Å²) in [6.45, 7) is 0. The minimum absolute atomic E-state index is 0.858. The number of hydrogen-bond donors (Lipinski definition) is 0. The molecule has 0 saturated carbocycles. The molecule has 0 aliphatic rings. The Bertz CT molecular complexity index is 3130. The highest BCUT2D eigenvalue weighted by atomic mass is 32.1. The second kappa shape index (κ2) is 11.0. The first kappa shape index (κ1) is 28.4. The molecule has 0 aliphatic heterocycles. The standard InChI is InChI=1S/C47H28N2OS/c1-2-11-30(12-3-1)39-27-31(28-40(48-39)37-17-10-16-35-33-13-5-8-19-43(33)50-46(35)37)29-21-23-32(24-22-29)49-41-18-7-4-15-38(41)45-42(49)26-25-36-34-14-6-9-20-44(34)51-47(36)45/h1-28H. The van der Waals surface area contributed by atoms with Gasteiger partial charge in [0.25, 0.3) is 0 Å². The molecule has 238 valence electrons. The fraction of sp³-hybridized carbons (Fsp3) is 0. The molecule has 0 amide bonds. The number of furan rings is 1. The second-order valence-corrected chi connectivity index (χ2v) is 14.2. The van der Waals surface area contributed by atoms with E-state index in [0.717, 1.165) is 61.3 Å². The molecule has 11 aromatic rings. The summed E-state index contributed by atoms with van der Waals surface area (Å²) in [5.74, 6) is 0. The van der Waals surface area contributed by atoms with Crippen LogP contribution in [0.4, 0.5) is 0 Å². The number of aromatic nitrogens is 2. The fourth-order valence-electron chi connectivity index (χ4n) is 7.86. The van der Waals surface area contributed by atoms with Crippen LogP contribution in [0.1, 0.15) is 0 Å². The monoisotopic (exact) mass is 668 g/mol. The van der Waals surface area contributed by atoms with Crippen molar-refractivity contribution in [2.45, 2.75) is 0 Å². The van der Waals surface area contributed by atoms with Gasteiger partial charge in [0.05, 0.1) is 22.4 Å². The van der Waals surface area contributed by atoms with Crippen LogP contribution >= 0.6 is 11.3 Å². The number of hydrogen-bond acceptors (Lipinski definition) is 3. The predicted octanol–water partition coefficient (Wildman–Crippen LogP) is 13.4. The zero-order valence-corrected chi connectivity index (χ0v) is 28.2. The van der Waals surface area contributed by atoms with Gasteiger partial charge in [-0.25, -0.2) is 4.98 Å².